The first-order chi connectivity index (χ1) is 9.38. The van der Waals surface area contributed by atoms with Gasteiger partial charge in [-0.3, -0.25) is 5.10 Å². The minimum absolute atomic E-state index is 0.189. The SMILES string of the molecule is CC(C)NCc1cn[nH]c1-c1ccc(C(C)(C)C)cc1. The minimum atomic E-state index is 0.189. The first-order valence-corrected chi connectivity index (χ1v) is 7.24. The molecule has 0 atom stereocenters. The number of H-pyrrole nitrogens is 1. The number of nitrogens with zero attached hydrogens (tertiary/aromatic N) is 1. The van der Waals surface area contributed by atoms with E-state index < -0.39 is 0 Å². The van der Waals surface area contributed by atoms with Crippen LogP contribution in [-0.2, 0) is 12.0 Å². The Morgan fingerprint density at radius 2 is 1.80 bits per heavy atom. The predicted molar refractivity (Wildman–Crippen MR) is 84.7 cm³/mol. The number of rotatable bonds is 4. The summed E-state index contributed by atoms with van der Waals surface area (Å²) in [6.07, 6.45) is 1.91. The quantitative estimate of drug-likeness (QED) is 0.886. The molecule has 0 aliphatic rings. The molecule has 0 unspecified atom stereocenters. The highest BCUT2D eigenvalue weighted by Gasteiger charge is 2.14. The Kier molecular flexibility index (Phi) is 4.29. The van der Waals surface area contributed by atoms with Gasteiger partial charge in [0.1, 0.15) is 0 Å². The summed E-state index contributed by atoms with van der Waals surface area (Å²) < 4.78 is 0. The standard InChI is InChI=1S/C17H25N3/c1-12(2)18-10-14-11-19-20-16(14)13-6-8-15(9-7-13)17(3,4)5/h6-9,11-12,18H,10H2,1-5H3,(H,19,20). The Bertz CT molecular complexity index is 544. The van der Waals surface area contributed by atoms with Gasteiger partial charge in [-0.05, 0) is 16.5 Å². The molecule has 0 amide bonds. The Labute approximate surface area is 121 Å². The van der Waals surface area contributed by atoms with Crippen molar-refractivity contribution in [3.8, 4) is 11.3 Å². The van der Waals surface area contributed by atoms with Gasteiger partial charge in [-0.2, -0.15) is 5.10 Å². The fourth-order valence-electron chi connectivity index (χ4n) is 2.15. The van der Waals surface area contributed by atoms with Gasteiger partial charge >= 0.3 is 0 Å². The zero-order valence-corrected chi connectivity index (χ0v) is 13.1. The summed E-state index contributed by atoms with van der Waals surface area (Å²) in [7, 11) is 0. The molecule has 0 radical (unpaired) electrons. The van der Waals surface area contributed by atoms with Crippen LogP contribution in [0.3, 0.4) is 0 Å². The molecule has 3 nitrogen and oxygen atoms in total. The molecule has 0 saturated carbocycles. The van der Waals surface area contributed by atoms with Crippen LogP contribution >= 0.6 is 0 Å². The Balaban J connectivity index is 2.22. The molecule has 1 aromatic heterocycles. The maximum atomic E-state index is 4.18. The molecule has 2 rings (SSSR count). The third-order valence-corrected chi connectivity index (χ3v) is 3.46. The molecule has 2 aromatic rings. The summed E-state index contributed by atoms with van der Waals surface area (Å²) in [4.78, 5) is 0. The van der Waals surface area contributed by atoms with Crippen molar-refractivity contribution < 1.29 is 0 Å². The number of benzene rings is 1. The molecule has 0 bridgehead atoms. The van der Waals surface area contributed by atoms with Gasteiger partial charge < -0.3 is 5.32 Å². The van der Waals surface area contributed by atoms with E-state index in [9.17, 15) is 0 Å². The normalized spacial score (nSPS) is 12.1. The van der Waals surface area contributed by atoms with Crippen LogP contribution in [0.15, 0.2) is 30.5 Å². The topological polar surface area (TPSA) is 40.7 Å². The summed E-state index contributed by atoms with van der Waals surface area (Å²) in [5, 5.41) is 10.7. The predicted octanol–water partition coefficient (Wildman–Crippen LogP) is 3.87. The van der Waals surface area contributed by atoms with Gasteiger partial charge in [0.2, 0.25) is 0 Å². The zero-order valence-electron chi connectivity index (χ0n) is 13.1. The zero-order chi connectivity index (χ0) is 14.8. The lowest BCUT2D eigenvalue weighted by molar-refractivity contribution is 0.589. The van der Waals surface area contributed by atoms with Crippen molar-refractivity contribution in [2.24, 2.45) is 0 Å². The number of hydrogen-bond donors (Lipinski definition) is 2. The molecule has 0 saturated heterocycles. The smallest absolute Gasteiger partial charge is 0.0695 e. The van der Waals surface area contributed by atoms with Crippen LogP contribution in [0.4, 0.5) is 0 Å². The Morgan fingerprint density at radius 3 is 2.35 bits per heavy atom. The van der Waals surface area contributed by atoms with Gasteiger partial charge in [0.15, 0.2) is 0 Å². The summed E-state index contributed by atoms with van der Waals surface area (Å²) in [5.74, 6) is 0. The monoisotopic (exact) mass is 271 g/mol. The van der Waals surface area contributed by atoms with E-state index in [-0.39, 0.29) is 5.41 Å². The van der Waals surface area contributed by atoms with Crippen molar-refractivity contribution in [3.05, 3.63) is 41.6 Å². The van der Waals surface area contributed by atoms with E-state index in [1.807, 2.05) is 6.20 Å². The second-order valence-corrected chi connectivity index (χ2v) is 6.63. The maximum absolute atomic E-state index is 4.18. The highest BCUT2D eigenvalue weighted by atomic mass is 15.1. The molecule has 1 heterocycles. The van der Waals surface area contributed by atoms with E-state index in [4.69, 9.17) is 0 Å². The van der Waals surface area contributed by atoms with Gasteiger partial charge in [0.05, 0.1) is 11.9 Å². The highest BCUT2D eigenvalue weighted by Crippen LogP contribution is 2.26. The van der Waals surface area contributed by atoms with Gasteiger partial charge in [0.25, 0.3) is 0 Å². The molecule has 108 valence electrons. The number of aromatic amines is 1. The van der Waals surface area contributed by atoms with Crippen LogP contribution in [0.1, 0.15) is 45.7 Å². The van der Waals surface area contributed by atoms with Crippen LogP contribution < -0.4 is 5.32 Å². The van der Waals surface area contributed by atoms with Crippen molar-refractivity contribution in [3.63, 3.8) is 0 Å². The molecule has 0 fully saturated rings. The summed E-state index contributed by atoms with van der Waals surface area (Å²) in [6, 6.07) is 9.23. The summed E-state index contributed by atoms with van der Waals surface area (Å²) >= 11 is 0. The average molecular weight is 271 g/mol. The summed E-state index contributed by atoms with van der Waals surface area (Å²) in [5.41, 5.74) is 5.05. The first-order valence-electron chi connectivity index (χ1n) is 7.24. The third kappa shape index (κ3) is 3.48. The van der Waals surface area contributed by atoms with Crippen molar-refractivity contribution >= 4 is 0 Å². The molecule has 20 heavy (non-hydrogen) atoms. The van der Waals surface area contributed by atoms with Gasteiger partial charge in [-0.1, -0.05) is 58.9 Å². The van der Waals surface area contributed by atoms with Crippen LogP contribution in [0, 0.1) is 0 Å². The summed E-state index contributed by atoms with van der Waals surface area (Å²) in [6.45, 7) is 11.8. The van der Waals surface area contributed by atoms with Gasteiger partial charge in [0, 0.05) is 18.2 Å². The second-order valence-electron chi connectivity index (χ2n) is 6.63. The molecule has 0 aliphatic carbocycles. The minimum Gasteiger partial charge on any atom is -0.310 e. The number of aromatic nitrogens is 2. The molecule has 1 aromatic carbocycles. The number of hydrogen-bond acceptors (Lipinski definition) is 2. The second kappa shape index (κ2) is 5.80. The molecular formula is C17H25N3. The highest BCUT2D eigenvalue weighted by molar-refractivity contribution is 5.63. The van der Waals surface area contributed by atoms with E-state index in [0.29, 0.717) is 6.04 Å². The fraction of sp³-hybridized carbons (Fsp3) is 0.471. The first kappa shape index (κ1) is 14.8. The van der Waals surface area contributed by atoms with Crippen molar-refractivity contribution in [1.29, 1.82) is 0 Å². The number of nitrogens with one attached hydrogen (secondary N) is 2. The lowest BCUT2D eigenvalue weighted by Crippen LogP contribution is -2.21. The molecule has 3 heteroatoms. The molecule has 2 N–H and O–H groups in total. The van der Waals surface area contributed by atoms with E-state index in [1.165, 1.54) is 16.7 Å². The van der Waals surface area contributed by atoms with E-state index in [0.717, 1.165) is 12.2 Å². The Hall–Kier alpha value is -1.61. The van der Waals surface area contributed by atoms with E-state index in [2.05, 4.69) is 74.4 Å². The van der Waals surface area contributed by atoms with E-state index in [1.54, 1.807) is 0 Å². The fourth-order valence-corrected chi connectivity index (χ4v) is 2.15. The van der Waals surface area contributed by atoms with Crippen molar-refractivity contribution in [1.82, 2.24) is 15.5 Å². The van der Waals surface area contributed by atoms with Crippen LogP contribution in [-0.4, -0.2) is 16.2 Å². The van der Waals surface area contributed by atoms with Crippen LogP contribution in [0.5, 0.6) is 0 Å². The molecular weight excluding hydrogens is 246 g/mol. The largest absolute Gasteiger partial charge is 0.310 e. The van der Waals surface area contributed by atoms with Gasteiger partial charge in [-0.15, -0.1) is 0 Å². The molecule has 0 spiro atoms. The van der Waals surface area contributed by atoms with Crippen molar-refractivity contribution in [2.45, 2.75) is 52.6 Å². The lowest BCUT2D eigenvalue weighted by atomic mass is 9.86. The maximum Gasteiger partial charge on any atom is 0.0695 e. The van der Waals surface area contributed by atoms with E-state index >= 15 is 0 Å². The lowest BCUT2D eigenvalue weighted by Gasteiger charge is -2.19. The third-order valence-electron chi connectivity index (χ3n) is 3.46. The average Bonchev–Trinajstić information content (AvgIpc) is 2.83. The van der Waals surface area contributed by atoms with Crippen molar-refractivity contribution in [2.75, 3.05) is 0 Å². The Morgan fingerprint density at radius 1 is 1.15 bits per heavy atom. The molecule has 0 aliphatic heterocycles. The van der Waals surface area contributed by atoms with Crippen LogP contribution in [0.2, 0.25) is 0 Å². The van der Waals surface area contributed by atoms with Crippen LogP contribution in [0.25, 0.3) is 11.3 Å². The van der Waals surface area contributed by atoms with Gasteiger partial charge in [-0.25, -0.2) is 0 Å².